The van der Waals surface area contributed by atoms with Gasteiger partial charge in [-0.3, -0.25) is 4.72 Å². The standard InChI is InChI=1S/C21H23N3O2S/c1-15(2)17-6-8-18(9-7-17)23-19-10-13-21(22-14-19)24-27(25,26)20-11-4-16(3)5-12-20/h4-15,23H,1-3H3,(H,22,24). The average Bonchev–Trinajstić information content (AvgIpc) is 2.64. The molecule has 0 amide bonds. The molecule has 3 rings (SSSR count). The van der Waals surface area contributed by atoms with Gasteiger partial charge in [-0.2, -0.15) is 0 Å². The molecule has 0 unspecified atom stereocenters. The Morgan fingerprint density at radius 2 is 1.48 bits per heavy atom. The first kappa shape index (κ1) is 18.9. The normalized spacial score (nSPS) is 11.4. The first-order valence-electron chi connectivity index (χ1n) is 8.76. The van der Waals surface area contributed by atoms with E-state index in [1.54, 1.807) is 42.6 Å². The Hall–Kier alpha value is -2.86. The number of nitrogens with zero attached hydrogens (tertiary/aromatic N) is 1. The van der Waals surface area contributed by atoms with Crippen LogP contribution in [0.1, 0.15) is 30.9 Å². The van der Waals surface area contributed by atoms with Crippen molar-refractivity contribution < 1.29 is 8.42 Å². The highest BCUT2D eigenvalue weighted by molar-refractivity contribution is 7.92. The van der Waals surface area contributed by atoms with Gasteiger partial charge in [0.15, 0.2) is 0 Å². The van der Waals surface area contributed by atoms with Crippen molar-refractivity contribution in [3.8, 4) is 0 Å². The molecule has 0 fully saturated rings. The van der Waals surface area contributed by atoms with Gasteiger partial charge >= 0.3 is 0 Å². The van der Waals surface area contributed by atoms with Crippen molar-refractivity contribution in [1.29, 1.82) is 0 Å². The quantitative estimate of drug-likeness (QED) is 0.626. The Bertz CT molecular complexity index is 995. The lowest BCUT2D eigenvalue weighted by molar-refractivity contribution is 0.601. The summed E-state index contributed by atoms with van der Waals surface area (Å²) in [6.45, 7) is 6.22. The van der Waals surface area contributed by atoms with Crippen LogP contribution in [0.3, 0.4) is 0 Å². The molecule has 0 radical (unpaired) electrons. The fourth-order valence-corrected chi connectivity index (χ4v) is 3.57. The van der Waals surface area contributed by atoms with Gasteiger partial charge in [0.25, 0.3) is 10.0 Å². The predicted octanol–water partition coefficient (Wildman–Crippen LogP) is 5.06. The fourth-order valence-electron chi connectivity index (χ4n) is 2.56. The van der Waals surface area contributed by atoms with Crippen molar-refractivity contribution in [1.82, 2.24) is 4.98 Å². The molecule has 2 N–H and O–H groups in total. The van der Waals surface area contributed by atoms with Crippen molar-refractivity contribution in [2.75, 3.05) is 10.0 Å². The Kier molecular flexibility index (Phi) is 5.46. The topological polar surface area (TPSA) is 71.1 Å². The van der Waals surface area contributed by atoms with Gasteiger partial charge < -0.3 is 5.32 Å². The van der Waals surface area contributed by atoms with Gasteiger partial charge in [-0.1, -0.05) is 43.7 Å². The molecule has 27 heavy (non-hydrogen) atoms. The number of rotatable bonds is 6. The third kappa shape index (κ3) is 4.86. The number of pyridine rings is 1. The van der Waals surface area contributed by atoms with Crippen LogP contribution in [-0.2, 0) is 10.0 Å². The van der Waals surface area contributed by atoms with E-state index in [0.717, 1.165) is 16.9 Å². The summed E-state index contributed by atoms with van der Waals surface area (Å²) >= 11 is 0. The smallest absolute Gasteiger partial charge is 0.263 e. The molecule has 6 heteroatoms. The Morgan fingerprint density at radius 1 is 0.852 bits per heavy atom. The van der Waals surface area contributed by atoms with Crippen LogP contribution < -0.4 is 10.0 Å². The zero-order valence-electron chi connectivity index (χ0n) is 15.6. The minimum absolute atomic E-state index is 0.211. The average molecular weight is 382 g/mol. The summed E-state index contributed by atoms with van der Waals surface area (Å²) in [5.41, 5.74) is 4.02. The lowest BCUT2D eigenvalue weighted by Crippen LogP contribution is -2.13. The second-order valence-electron chi connectivity index (χ2n) is 6.75. The fraction of sp³-hybridized carbons (Fsp3) is 0.190. The van der Waals surface area contributed by atoms with E-state index < -0.39 is 10.0 Å². The highest BCUT2D eigenvalue weighted by Gasteiger charge is 2.14. The van der Waals surface area contributed by atoms with E-state index >= 15 is 0 Å². The van der Waals surface area contributed by atoms with Crippen molar-refractivity contribution >= 4 is 27.2 Å². The van der Waals surface area contributed by atoms with Crippen LogP contribution >= 0.6 is 0 Å². The zero-order valence-corrected chi connectivity index (χ0v) is 16.4. The summed E-state index contributed by atoms with van der Waals surface area (Å²) < 4.78 is 27.3. The summed E-state index contributed by atoms with van der Waals surface area (Å²) in [5, 5.41) is 3.26. The van der Waals surface area contributed by atoms with E-state index in [9.17, 15) is 8.42 Å². The van der Waals surface area contributed by atoms with E-state index in [1.807, 2.05) is 19.1 Å². The van der Waals surface area contributed by atoms with Crippen LogP contribution in [0, 0.1) is 6.92 Å². The molecule has 5 nitrogen and oxygen atoms in total. The lowest BCUT2D eigenvalue weighted by atomic mass is 10.0. The molecule has 0 spiro atoms. The number of aromatic nitrogens is 1. The molecule has 0 aliphatic carbocycles. The number of sulfonamides is 1. The first-order valence-corrected chi connectivity index (χ1v) is 10.2. The second kappa shape index (κ2) is 7.80. The van der Waals surface area contributed by atoms with Gasteiger partial charge in [0.05, 0.1) is 16.8 Å². The summed E-state index contributed by atoms with van der Waals surface area (Å²) in [6, 6.07) is 18.3. The molecule has 0 saturated carbocycles. The maximum absolute atomic E-state index is 12.4. The van der Waals surface area contributed by atoms with Gasteiger partial charge in [-0.05, 0) is 54.8 Å². The molecule has 1 aromatic heterocycles. The van der Waals surface area contributed by atoms with E-state index in [2.05, 4.69) is 41.0 Å². The van der Waals surface area contributed by atoms with Gasteiger partial charge in [0, 0.05) is 5.69 Å². The molecule has 0 bridgehead atoms. The highest BCUT2D eigenvalue weighted by atomic mass is 32.2. The largest absolute Gasteiger partial charge is 0.354 e. The van der Waals surface area contributed by atoms with Crippen LogP contribution in [-0.4, -0.2) is 13.4 Å². The number of nitrogens with one attached hydrogen (secondary N) is 2. The SMILES string of the molecule is Cc1ccc(S(=O)(=O)Nc2ccc(Nc3ccc(C(C)C)cc3)cn2)cc1. The van der Waals surface area contributed by atoms with Gasteiger partial charge in [0.1, 0.15) is 5.82 Å². The summed E-state index contributed by atoms with van der Waals surface area (Å²) in [7, 11) is -3.65. The summed E-state index contributed by atoms with van der Waals surface area (Å²) in [5.74, 6) is 0.762. The molecular weight excluding hydrogens is 358 g/mol. The maximum atomic E-state index is 12.4. The van der Waals surface area contributed by atoms with E-state index in [1.165, 1.54) is 5.56 Å². The Balaban J connectivity index is 1.68. The van der Waals surface area contributed by atoms with Crippen molar-refractivity contribution in [3.63, 3.8) is 0 Å². The molecule has 0 aliphatic heterocycles. The van der Waals surface area contributed by atoms with E-state index in [0.29, 0.717) is 5.92 Å². The van der Waals surface area contributed by atoms with Crippen LogP contribution in [0.2, 0.25) is 0 Å². The summed E-state index contributed by atoms with van der Waals surface area (Å²) in [4.78, 5) is 4.41. The monoisotopic (exact) mass is 381 g/mol. The Morgan fingerprint density at radius 3 is 2.04 bits per heavy atom. The van der Waals surface area contributed by atoms with Gasteiger partial charge in [-0.15, -0.1) is 0 Å². The predicted molar refractivity (Wildman–Crippen MR) is 110 cm³/mol. The number of aryl methyl sites for hydroxylation is 1. The molecule has 140 valence electrons. The third-order valence-corrected chi connectivity index (χ3v) is 5.57. The molecule has 3 aromatic rings. The summed E-state index contributed by atoms with van der Waals surface area (Å²) in [6.07, 6.45) is 1.60. The first-order chi connectivity index (χ1) is 12.8. The number of anilines is 3. The molecule has 2 aromatic carbocycles. The Labute approximate surface area is 160 Å². The minimum atomic E-state index is -3.65. The molecule has 1 heterocycles. The van der Waals surface area contributed by atoms with Crippen LogP contribution in [0.25, 0.3) is 0 Å². The van der Waals surface area contributed by atoms with Gasteiger partial charge in [-0.25, -0.2) is 13.4 Å². The number of hydrogen-bond donors (Lipinski definition) is 2. The van der Waals surface area contributed by atoms with E-state index in [-0.39, 0.29) is 10.7 Å². The molecule has 0 aliphatic rings. The number of hydrogen-bond acceptors (Lipinski definition) is 4. The molecule has 0 atom stereocenters. The van der Waals surface area contributed by atoms with Crippen LogP contribution in [0.15, 0.2) is 71.8 Å². The van der Waals surface area contributed by atoms with E-state index in [4.69, 9.17) is 0 Å². The van der Waals surface area contributed by atoms with Crippen LogP contribution in [0.4, 0.5) is 17.2 Å². The lowest BCUT2D eigenvalue weighted by Gasteiger charge is -2.11. The zero-order chi connectivity index (χ0) is 19.4. The van der Waals surface area contributed by atoms with Crippen molar-refractivity contribution in [3.05, 3.63) is 78.0 Å². The van der Waals surface area contributed by atoms with Crippen molar-refractivity contribution in [2.24, 2.45) is 0 Å². The molecular formula is C21H23N3O2S. The van der Waals surface area contributed by atoms with Crippen LogP contribution in [0.5, 0.6) is 0 Å². The third-order valence-electron chi connectivity index (χ3n) is 4.20. The maximum Gasteiger partial charge on any atom is 0.263 e. The highest BCUT2D eigenvalue weighted by Crippen LogP contribution is 2.21. The minimum Gasteiger partial charge on any atom is -0.354 e. The molecule has 0 saturated heterocycles. The van der Waals surface area contributed by atoms with Crippen molar-refractivity contribution in [2.45, 2.75) is 31.6 Å². The second-order valence-corrected chi connectivity index (χ2v) is 8.43. The van der Waals surface area contributed by atoms with Gasteiger partial charge in [0.2, 0.25) is 0 Å². The number of benzene rings is 2.